The maximum atomic E-state index is 10.5. The number of allylic oxidation sites excluding steroid dienone is 4. The molecule has 3 N–H and O–H groups in total. The van der Waals surface area contributed by atoms with Crippen LogP contribution in [0.4, 0.5) is 0 Å². The molecule has 3 saturated carbocycles. The van der Waals surface area contributed by atoms with E-state index in [2.05, 4.69) is 44.1 Å². The Morgan fingerprint density at radius 1 is 1.22 bits per heavy atom. The lowest BCUT2D eigenvalue weighted by Gasteiger charge is -2.42. The van der Waals surface area contributed by atoms with Gasteiger partial charge in [-0.2, -0.15) is 0 Å². The third-order valence-corrected chi connectivity index (χ3v) is 8.63. The Labute approximate surface area is 195 Å². The van der Waals surface area contributed by atoms with E-state index in [9.17, 15) is 15.3 Å². The van der Waals surface area contributed by atoms with Crippen molar-refractivity contribution in [3.63, 3.8) is 0 Å². The minimum atomic E-state index is -0.687. The lowest BCUT2D eigenvalue weighted by atomic mass is 9.62. The second kappa shape index (κ2) is 10.1. The van der Waals surface area contributed by atoms with Gasteiger partial charge in [0.15, 0.2) is 0 Å². The summed E-state index contributed by atoms with van der Waals surface area (Å²) in [7, 11) is 0. The molecule has 5 atom stereocenters. The molecule has 0 spiro atoms. The van der Waals surface area contributed by atoms with Crippen LogP contribution in [0.5, 0.6) is 0 Å². The zero-order valence-corrected chi connectivity index (χ0v) is 20.3. The van der Waals surface area contributed by atoms with Crippen LogP contribution in [0.25, 0.3) is 0 Å². The molecule has 0 aromatic heterocycles. The van der Waals surface area contributed by atoms with Crippen molar-refractivity contribution in [1.29, 1.82) is 0 Å². The van der Waals surface area contributed by atoms with E-state index < -0.39 is 17.8 Å². The number of fused-ring (bicyclic) bond motifs is 1. The molecule has 3 fully saturated rings. The SMILES string of the molecule is C=C(C#CCC(O)(CC)CC)[C@H]1CC[C@H]2/C(=C/C=C3\C[C@@H](O)C[C@H](O)C3=C)CCC[C@]12C. The van der Waals surface area contributed by atoms with Crippen LogP contribution in [0.3, 0.4) is 0 Å². The van der Waals surface area contributed by atoms with Gasteiger partial charge in [-0.25, -0.2) is 0 Å². The summed E-state index contributed by atoms with van der Waals surface area (Å²) in [6.45, 7) is 14.8. The summed E-state index contributed by atoms with van der Waals surface area (Å²) in [5.74, 6) is 7.46. The summed E-state index contributed by atoms with van der Waals surface area (Å²) < 4.78 is 0. The molecule has 3 nitrogen and oxygen atoms in total. The van der Waals surface area contributed by atoms with E-state index in [1.54, 1.807) is 0 Å². The molecule has 0 amide bonds. The average Bonchev–Trinajstić information content (AvgIpc) is 3.12. The van der Waals surface area contributed by atoms with Crippen molar-refractivity contribution in [2.75, 3.05) is 0 Å². The summed E-state index contributed by atoms with van der Waals surface area (Å²) in [5, 5.41) is 30.7. The van der Waals surface area contributed by atoms with Gasteiger partial charge in [-0.15, -0.1) is 0 Å². The van der Waals surface area contributed by atoms with E-state index in [1.807, 2.05) is 13.8 Å². The minimum Gasteiger partial charge on any atom is -0.393 e. The molecular weight excluding hydrogens is 396 g/mol. The number of aliphatic hydroxyl groups is 3. The van der Waals surface area contributed by atoms with E-state index in [-0.39, 0.29) is 5.41 Å². The summed E-state index contributed by atoms with van der Waals surface area (Å²) in [5.41, 5.74) is 3.70. The van der Waals surface area contributed by atoms with Crippen LogP contribution in [0.15, 0.2) is 47.6 Å². The molecule has 3 aliphatic rings. The molecule has 3 aliphatic carbocycles. The van der Waals surface area contributed by atoms with Gasteiger partial charge in [-0.05, 0) is 85.3 Å². The Morgan fingerprint density at radius 3 is 2.62 bits per heavy atom. The Morgan fingerprint density at radius 2 is 1.94 bits per heavy atom. The van der Waals surface area contributed by atoms with Crippen molar-refractivity contribution in [3.8, 4) is 11.8 Å². The van der Waals surface area contributed by atoms with Crippen LogP contribution in [0.1, 0.15) is 85.0 Å². The highest BCUT2D eigenvalue weighted by Gasteiger charge is 2.49. The van der Waals surface area contributed by atoms with Crippen molar-refractivity contribution in [3.05, 3.63) is 47.6 Å². The molecule has 0 saturated heterocycles. The van der Waals surface area contributed by atoms with Gasteiger partial charge in [0.1, 0.15) is 0 Å². The zero-order chi connectivity index (χ0) is 23.5. The highest BCUT2D eigenvalue weighted by molar-refractivity contribution is 5.39. The van der Waals surface area contributed by atoms with Gasteiger partial charge < -0.3 is 15.3 Å². The molecule has 0 aromatic rings. The predicted octanol–water partition coefficient (Wildman–Crippen LogP) is 5.63. The molecule has 0 heterocycles. The summed E-state index contributed by atoms with van der Waals surface area (Å²) in [6.07, 6.45) is 11.8. The van der Waals surface area contributed by atoms with Crippen LogP contribution in [0.2, 0.25) is 0 Å². The van der Waals surface area contributed by atoms with E-state index in [1.165, 1.54) is 12.0 Å². The molecule has 0 bridgehead atoms. The Kier molecular flexibility index (Phi) is 7.92. The second-order valence-electron chi connectivity index (χ2n) is 10.5. The van der Waals surface area contributed by atoms with E-state index in [0.717, 1.165) is 55.2 Å². The first-order valence-corrected chi connectivity index (χ1v) is 12.5. The van der Waals surface area contributed by atoms with Gasteiger partial charge in [0, 0.05) is 12.8 Å². The minimum absolute atomic E-state index is 0.169. The van der Waals surface area contributed by atoms with E-state index in [0.29, 0.717) is 31.1 Å². The fraction of sp³-hybridized carbons (Fsp3) is 0.655. The van der Waals surface area contributed by atoms with Gasteiger partial charge in [0.2, 0.25) is 0 Å². The van der Waals surface area contributed by atoms with Gasteiger partial charge >= 0.3 is 0 Å². The number of aliphatic hydroxyl groups excluding tert-OH is 2. The van der Waals surface area contributed by atoms with Crippen LogP contribution >= 0.6 is 0 Å². The predicted molar refractivity (Wildman–Crippen MR) is 132 cm³/mol. The lowest BCUT2D eigenvalue weighted by molar-refractivity contribution is 0.0375. The zero-order valence-electron chi connectivity index (χ0n) is 20.3. The van der Waals surface area contributed by atoms with E-state index in [4.69, 9.17) is 0 Å². The Balaban J connectivity index is 1.75. The molecule has 176 valence electrons. The van der Waals surface area contributed by atoms with Crippen molar-refractivity contribution >= 4 is 0 Å². The molecule has 0 aliphatic heterocycles. The molecule has 3 heteroatoms. The topological polar surface area (TPSA) is 60.7 Å². The first kappa shape index (κ1) is 25.0. The highest BCUT2D eigenvalue weighted by Crippen LogP contribution is 2.59. The third kappa shape index (κ3) is 5.14. The molecule has 32 heavy (non-hydrogen) atoms. The molecule has 3 rings (SSSR count). The summed E-state index contributed by atoms with van der Waals surface area (Å²) in [6, 6.07) is 0. The fourth-order valence-corrected chi connectivity index (χ4v) is 6.19. The Bertz CT molecular complexity index is 847. The monoisotopic (exact) mass is 438 g/mol. The van der Waals surface area contributed by atoms with Crippen LogP contribution in [-0.2, 0) is 0 Å². The smallest absolute Gasteiger partial charge is 0.0811 e. The molecule has 0 unspecified atom stereocenters. The quantitative estimate of drug-likeness (QED) is 0.488. The number of rotatable bonds is 5. The lowest BCUT2D eigenvalue weighted by Crippen LogP contribution is -2.33. The van der Waals surface area contributed by atoms with Gasteiger partial charge in [-0.1, -0.05) is 63.5 Å². The van der Waals surface area contributed by atoms with Gasteiger partial charge in [0.05, 0.1) is 17.8 Å². The number of hydrogen-bond acceptors (Lipinski definition) is 3. The van der Waals surface area contributed by atoms with E-state index >= 15 is 0 Å². The van der Waals surface area contributed by atoms with Crippen LogP contribution < -0.4 is 0 Å². The first-order valence-electron chi connectivity index (χ1n) is 12.5. The average molecular weight is 439 g/mol. The van der Waals surface area contributed by atoms with Gasteiger partial charge in [0.25, 0.3) is 0 Å². The maximum absolute atomic E-state index is 10.5. The standard InChI is InChI=1S/C29H42O3/c1-6-29(32,7-2)17-8-10-20(3)25-14-15-26-22(11-9-16-28(25,26)5)12-13-23-18-24(30)19-27(31)21(23)4/h12-13,24-27,30-32H,3-4,6-7,9,11,14-19H2,1-2,5H3/b22-12+,23-13+/t24-,25-,26+,27+,28-/m1/s1. The molecule has 0 aromatic carbocycles. The largest absolute Gasteiger partial charge is 0.393 e. The fourth-order valence-electron chi connectivity index (χ4n) is 6.19. The van der Waals surface area contributed by atoms with Crippen molar-refractivity contribution < 1.29 is 15.3 Å². The van der Waals surface area contributed by atoms with Gasteiger partial charge in [-0.3, -0.25) is 0 Å². The highest BCUT2D eigenvalue weighted by atomic mass is 16.3. The van der Waals surface area contributed by atoms with Crippen molar-refractivity contribution in [1.82, 2.24) is 0 Å². The maximum Gasteiger partial charge on any atom is 0.0811 e. The third-order valence-electron chi connectivity index (χ3n) is 8.63. The second-order valence-corrected chi connectivity index (χ2v) is 10.5. The number of hydrogen-bond donors (Lipinski definition) is 3. The normalized spacial score (nSPS) is 35.5. The molecule has 0 radical (unpaired) electrons. The summed E-state index contributed by atoms with van der Waals surface area (Å²) in [4.78, 5) is 0. The molecular formula is C29H42O3. The van der Waals surface area contributed by atoms with Crippen molar-refractivity contribution in [2.24, 2.45) is 17.3 Å². The van der Waals surface area contributed by atoms with Crippen LogP contribution in [-0.4, -0.2) is 33.1 Å². The van der Waals surface area contributed by atoms with Crippen molar-refractivity contribution in [2.45, 2.75) is 103 Å². The first-order chi connectivity index (χ1) is 15.1. The summed E-state index contributed by atoms with van der Waals surface area (Å²) >= 11 is 0. The van der Waals surface area contributed by atoms with Crippen LogP contribution in [0, 0.1) is 29.1 Å². The Hall–Kier alpha value is -1.60.